The number of methoxy groups -OCH3 is 2. The van der Waals surface area contributed by atoms with E-state index in [1.54, 1.807) is 19.9 Å². The first-order valence-electron chi connectivity index (χ1n) is 5.73. The second kappa shape index (κ2) is 6.77. The highest BCUT2D eigenvalue weighted by Gasteiger charge is 2.26. The quantitative estimate of drug-likeness (QED) is 0.838. The minimum Gasteiger partial charge on any atom is -0.496 e. The van der Waals surface area contributed by atoms with Crippen LogP contribution in [0.2, 0.25) is 0 Å². The van der Waals surface area contributed by atoms with Gasteiger partial charge in [-0.15, -0.1) is 0 Å². The Morgan fingerprint density at radius 3 is 2.42 bits per heavy atom. The molecule has 1 N–H and O–H groups in total. The molecule has 0 aliphatic carbocycles. The molecule has 0 amide bonds. The number of ether oxygens (including phenoxy) is 3. The zero-order chi connectivity index (χ0) is 14.6. The van der Waals surface area contributed by atoms with Crippen molar-refractivity contribution in [3.8, 4) is 11.5 Å². The van der Waals surface area contributed by atoms with E-state index in [2.05, 4.69) is 15.9 Å². The van der Waals surface area contributed by atoms with Gasteiger partial charge in [-0.3, -0.25) is 0 Å². The maximum atomic E-state index is 11.6. The molecule has 1 rings (SSSR count). The number of aliphatic hydroxyl groups excluding tert-OH is 1. The fourth-order valence-electron chi connectivity index (χ4n) is 1.84. The van der Waals surface area contributed by atoms with Crippen molar-refractivity contribution in [1.82, 2.24) is 0 Å². The molecule has 0 saturated heterocycles. The number of rotatable bonds is 5. The lowest BCUT2D eigenvalue weighted by Gasteiger charge is -2.18. The number of benzene rings is 1. The van der Waals surface area contributed by atoms with Gasteiger partial charge < -0.3 is 19.3 Å². The van der Waals surface area contributed by atoms with E-state index in [-0.39, 0.29) is 6.61 Å². The zero-order valence-electron chi connectivity index (χ0n) is 11.3. The van der Waals surface area contributed by atoms with E-state index in [9.17, 15) is 9.90 Å². The minimum atomic E-state index is -1.39. The van der Waals surface area contributed by atoms with Crippen LogP contribution in [0.5, 0.6) is 11.5 Å². The van der Waals surface area contributed by atoms with E-state index in [0.717, 1.165) is 0 Å². The lowest BCUT2D eigenvalue weighted by molar-refractivity contribution is -0.153. The predicted octanol–water partition coefficient (Wildman–Crippen LogP) is 2.37. The summed E-state index contributed by atoms with van der Waals surface area (Å²) in [4.78, 5) is 11.6. The van der Waals surface area contributed by atoms with Crippen LogP contribution in [0.15, 0.2) is 10.5 Å². The number of hydrogen-bond acceptors (Lipinski definition) is 5. The molecule has 0 aliphatic rings. The third-order valence-corrected chi connectivity index (χ3v) is 3.24. The van der Waals surface area contributed by atoms with Crippen LogP contribution in [0, 0.1) is 6.92 Å². The van der Waals surface area contributed by atoms with Crippen molar-refractivity contribution < 1.29 is 24.1 Å². The van der Waals surface area contributed by atoms with Gasteiger partial charge in [-0.25, -0.2) is 4.79 Å². The standard InChI is InChI=1S/C13H17BrO5/c1-5-19-13(16)10(15)8-6-9(14)12(18-4)7(2)11(8)17-3/h6,10,15H,5H2,1-4H3. The van der Waals surface area contributed by atoms with Crippen molar-refractivity contribution in [2.45, 2.75) is 20.0 Å². The molecule has 0 fully saturated rings. The third kappa shape index (κ3) is 3.19. The second-order valence-electron chi connectivity index (χ2n) is 3.79. The molecule has 0 aliphatic heterocycles. The first-order valence-corrected chi connectivity index (χ1v) is 6.52. The third-order valence-electron chi connectivity index (χ3n) is 2.66. The maximum absolute atomic E-state index is 11.6. The molecule has 1 unspecified atom stereocenters. The average molecular weight is 333 g/mol. The summed E-state index contributed by atoms with van der Waals surface area (Å²) in [5.41, 5.74) is 1.03. The molecular weight excluding hydrogens is 316 g/mol. The van der Waals surface area contributed by atoms with Crippen LogP contribution in [0.1, 0.15) is 24.2 Å². The molecule has 6 heteroatoms. The number of hydrogen-bond donors (Lipinski definition) is 1. The van der Waals surface area contributed by atoms with E-state index < -0.39 is 12.1 Å². The Hall–Kier alpha value is -1.27. The largest absolute Gasteiger partial charge is 0.496 e. The topological polar surface area (TPSA) is 65.0 Å². The summed E-state index contributed by atoms with van der Waals surface area (Å²) < 4.78 is 15.9. The van der Waals surface area contributed by atoms with Gasteiger partial charge in [-0.2, -0.15) is 0 Å². The number of aliphatic hydroxyl groups is 1. The second-order valence-corrected chi connectivity index (χ2v) is 4.65. The van der Waals surface area contributed by atoms with E-state index in [1.807, 2.05) is 0 Å². The van der Waals surface area contributed by atoms with Crippen LogP contribution in [0.3, 0.4) is 0 Å². The van der Waals surface area contributed by atoms with Crippen LogP contribution in [0.4, 0.5) is 0 Å². The van der Waals surface area contributed by atoms with Crippen molar-refractivity contribution >= 4 is 21.9 Å². The minimum absolute atomic E-state index is 0.203. The van der Waals surface area contributed by atoms with Crippen molar-refractivity contribution in [2.75, 3.05) is 20.8 Å². The van der Waals surface area contributed by atoms with Gasteiger partial charge in [0.2, 0.25) is 0 Å². The van der Waals surface area contributed by atoms with Crippen LogP contribution in [-0.4, -0.2) is 31.9 Å². The molecule has 0 aromatic heterocycles. The summed E-state index contributed by atoms with van der Waals surface area (Å²) >= 11 is 3.33. The molecule has 0 saturated carbocycles. The smallest absolute Gasteiger partial charge is 0.339 e. The highest BCUT2D eigenvalue weighted by Crippen LogP contribution is 2.40. The Morgan fingerprint density at radius 1 is 1.37 bits per heavy atom. The Balaban J connectivity index is 3.31. The average Bonchev–Trinajstić information content (AvgIpc) is 2.38. The maximum Gasteiger partial charge on any atom is 0.339 e. The number of esters is 1. The highest BCUT2D eigenvalue weighted by atomic mass is 79.9. The van der Waals surface area contributed by atoms with Gasteiger partial charge in [0, 0.05) is 11.1 Å². The van der Waals surface area contributed by atoms with Gasteiger partial charge in [0.05, 0.1) is 25.3 Å². The van der Waals surface area contributed by atoms with E-state index >= 15 is 0 Å². The van der Waals surface area contributed by atoms with Crippen LogP contribution in [0.25, 0.3) is 0 Å². The van der Waals surface area contributed by atoms with Gasteiger partial charge in [0.1, 0.15) is 11.5 Å². The number of carbonyl (C=O) groups is 1. The SMILES string of the molecule is CCOC(=O)C(O)c1cc(Br)c(OC)c(C)c1OC. The monoisotopic (exact) mass is 332 g/mol. The summed E-state index contributed by atoms with van der Waals surface area (Å²) in [5.74, 6) is 0.287. The summed E-state index contributed by atoms with van der Waals surface area (Å²) in [6.45, 7) is 3.66. The molecule has 1 atom stereocenters. The molecule has 0 radical (unpaired) electrons. The predicted molar refractivity (Wildman–Crippen MR) is 73.6 cm³/mol. The Kier molecular flexibility index (Phi) is 5.62. The van der Waals surface area contributed by atoms with Gasteiger partial charge in [0.25, 0.3) is 0 Å². The van der Waals surface area contributed by atoms with Crippen LogP contribution in [-0.2, 0) is 9.53 Å². The molecule has 1 aromatic rings. The summed E-state index contributed by atoms with van der Waals surface area (Å²) in [6.07, 6.45) is -1.39. The van der Waals surface area contributed by atoms with Gasteiger partial charge >= 0.3 is 5.97 Å². The van der Waals surface area contributed by atoms with Crippen molar-refractivity contribution in [2.24, 2.45) is 0 Å². The normalized spacial score (nSPS) is 11.9. The molecule has 0 spiro atoms. The lowest BCUT2D eigenvalue weighted by atomic mass is 10.0. The first kappa shape index (κ1) is 15.8. The molecule has 5 nitrogen and oxygen atoms in total. The lowest BCUT2D eigenvalue weighted by Crippen LogP contribution is -2.16. The van der Waals surface area contributed by atoms with E-state index in [1.165, 1.54) is 14.2 Å². The summed E-state index contributed by atoms with van der Waals surface area (Å²) in [7, 11) is 3.00. The molecule has 106 valence electrons. The number of carbonyl (C=O) groups excluding carboxylic acids is 1. The van der Waals surface area contributed by atoms with Gasteiger partial charge in [-0.1, -0.05) is 0 Å². The van der Waals surface area contributed by atoms with Gasteiger partial charge in [0.15, 0.2) is 6.10 Å². The van der Waals surface area contributed by atoms with Crippen molar-refractivity contribution in [1.29, 1.82) is 0 Å². The summed E-state index contributed by atoms with van der Waals surface area (Å²) in [6, 6.07) is 1.59. The molecule has 1 aromatic carbocycles. The molecule has 0 bridgehead atoms. The summed E-state index contributed by atoms with van der Waals surface area (Å²) in [5, 5.41) is 10.0. The van der Waals surface area contributed by atoms with Crippen LogP contribution >= 0.6 is 15.9 Å². The van der Waals surface area contributed by atoms with Crippen LogP contribution < -0.4 is 9.47 Å². The highest BCUT2D eigenvalue weighted by molar-refractivity contribution is 9.10. The molecular formula is C13H17BrO5. The molecule has 19 heavy (non-hydrogen) atoms. The Morgan fingerprint density at radius 2 is 1.95 bits per heavy atom. The van der Waals surface area contributed by atoms with Crippen molar-refractivity contribution in [3.63, 3.8) is 0 Å². The van der Waals surface area contributed by atoms with Crippen molar-refractivity contribution in [3.05, 3.63) is 21.7 Å². The number of halogens is 1. The van der Waals surface area contributed by atoms with Gasteiger partial charge in [-0.05, 0) is 35.8 Å². The zero-order valence-corrected chi connectivity index (χ0v) is 12.9. The Labute approximate surface area is 120 Å². The fourth-order valence-corrected chi connectivity index (χ4v) is 2.55. The first-order chi connectivity index (χ1) is 8.97. The van der Waals surface area contributed by atoms with E-state index in [4.69, 9.17) is 14.2 Å². The van der Waals surface area contributed by atoms with E-state index in [0.29, 0.717) is 27.1 Å². The fraction of sp³-hybridized carbons (Fsp3) is 0.462. The Bertz CT molecular complexity index is 473. The molecule has 0 heterocycles.